The molecule has 5 nitrogen and oxygen atoms in total. The Morgan fingerprint density at radius 1 is 1.39 bits per heavy atom. The molecule has 0 aliphatic rings. The number of aromatic nitrogens is 1. The van der Waals surface area contributed by atoms with Crippen LogP contribution in [-0.4, -0.2) is 16.2 Å². The molecule has 0 aliphatic carbocycles. The third-order valence-corrected chi connectivity index (χ3v) is 2.50. The predicted octanol–water partition coefficient (Wildman–Crippen LogP) is 1.93. The van der Waals surface area contributed by atoms with E-state index in [1.165, 1.54) is 6.07 Å². The van der Waals surface area contributed by atoms with Crippen molar-refractivity contribution in [3.63, 3.8) is 0 Å². The molecular formula is C13H14N2O3. The molecule has 2 aromatic rings. The van der Waals surface area contributed by atoms with Crippen LogP contribution in [0.25, 0.3) is 0 Å². The van der Waals surface area contributed by atoms with Gasteiger partial charge in [0.15, 0.2) is 0 Å². The van der Waals surface area contributed by atoms with Crippen LogP contribution in [0.3, 0.4) is 0 Å². The molecule has 0 radical (unpaired) electrons. The van der Waals surface area contributed by atoms with Crippen molar-refractivity contribution in [2.24, 2.45) is 0 Å². The Labute approximate surface area is 104 Å². The van der Waals surface area contributed by atoms with Gasteiger partial charge in [-0.1, -0.05) is 16.8 Å². The fraction of sp³-hybridized carbons (Fsp3) is 0.231. The summed E-state index contributed by atoms with van der Waals surface area (Å²) >= 11 is 0. The van der Waals surface area contributed by atoms with Crippen LogP contribution in [0.1, 0.15) is 27.4 Å². The lowest BCUT2D eigenvalue weighted by Gasteiger charge is -2.06. The van der Waals surface area contributed by atoms with Gasteiger partial charge in [0, 0.05) is 6.07 Å². The van der Waals surface area contributed by atoms with Crippen LogP contribution < -0.4 is 5.32 Å². The number of nitrogens with one attached hydrogen (secondary N) is 1. The Morgan fingerprint density at radius 2 is 2.17 bits per heavy atom. The molecule has 0 bridgehead atoms. The highest BCUT2D eigenvalue weighted by molar-refractivity contribution is 5.96. The lowest BCUT2D eigenvalue weighted by atomic mass is 10.1. The molecule has 0 fully saturated rings. The fourth-order valence-electron chi connectivity index (χ4n) is 1.60. The van der Waals surface area contributed by atoms with Crippen molar-refractivity contribution < 1.29 is 14.4 Å². The van der Waals surface area contributed by atoms with Crippen LogP contribution in [-0.2, 0) is 6.54 Å². The number of nitrogens with zero attached hydrogens (tertiary/aromatic N) is 1. The zero-order valence-electron chi connectivity index (χ0n) is 10.2. The van der Waals surface area contributed by atoms with Gasteiger partial charge in [0.05, 0.1) is 12.1 Å². The van der Waals surface area contributed by atoms with Gasteiger partial charge in [-0.25, -0.2) is 0 Å². The minimum absolute atomic E-state index is 0.0329. The first-order valence-electron chi connectivity index (χ1n) is 5.56. The Balaban J connectivity index is 2.05. The smallest absolute Gasteiger partial charge is 0.255 e. The molecule has 18 heavy (non-hydrogen) atoms. The Hall–Kier alpha value is -2.30. The number of carbonyl (C=O) groups excluding carboxylic acids is 1. The Bertz CT molecular complexity index is 575. The van der Waals surface area contributed by atoms with Crippen molar-refractivity contribution in [2.45, 2.75) is 20.4 Å². The van der Waals surface area contributed by atoms with Crippen LogP contribution in [0.4, 0.5) is 0 Å². The standard InChI is InChI=1S/C13H14N2O3/c1-8-3-4-12(16)11(5-8)13(17)14-7-10-6-9(2)18-15-10/h3-6,16H,7H2,1-2H3,(H,14,17). The zero-order valence-corrected chi connectivity index (χ0v) is 10.2. The number of carbonyl (C=O) groups is 1. The third kappa shape index (κ3) is 2.68. The minimum Gasteiger partial charge on any atom is -0.507 e. The molecular weight excluding hydrogens is 232 g/mol. The number of benzene rings is 1. The van der Waals surface area contributed by atoms with Gasteiger partial charge in [-0.2, -0.15) is 0 Å². The van der Waals surface area contributed by atoms with Gasteiger partial charge in [-0.15, -0.1) is 0 Å². The number of aryl methyl sites for hydroxylation is 2. The monoisotopic (exact) mass is 246 g/mol. The molecule has 0 saturated heterocycles. The van der Waals surface area contributed by atoms with E-state index in [2.05, 4.69) is 10.5 Å². The van der Waals surface area contributed by atoms with Crippen LogP contribution in [0, 0.1) is 13.8 Å². The first-order valence-corrected chi connectivity index (χ1v) is 5.56. The van der Waals surface area contributed by atoms with E-state index in [0.29, 0.717) is 11.5 Å². The number of rotatable bonds is 3. The average Bonchev–Trinajstić information content (AvgIpc) is 2.75. The summed E-state index contributed by atoms with van der Waals surface area (Å²) in [5.74, 6) is 0.323. The predicted molar refractivity (Wildman–Crippen MR) is 65.3 cm³/mol. The second-order valence-corrected chi connectivity index (χ2v) is 4.13. The maximum Gasteiger partial charge on any atom is 0.255 e. The summed E-state index contributed by atoms with van der Waals surface area (Å²) in [5, 5.41) is 16.1. The lowest BCUT2D eigenvalue weighted by molar-refractivity contribution is 0.0947. The maximum atomic E-state index is 11.9. The van der Waals surface area contributed by atoms with Crippen molar-refractivity contribution in [2.75, 3.05) is 0 Å². The van der Waals surface area contributed by atoms with E-state index < -0.39 is 0 Å². The highest BCUT2D eigenvalue weighted by Crippen LogP contribution is 2.18. The fourth-order valence-corrected chi connectivity index (χ4v) is 1.60. The maximum absolute atomic E-state index is 11.9. The molecule has 0 unspecified atom stereocenters. The molecule has 2 N–H and O–H groups in total. The van der Waals surface area contributed by atoms with E-state index in [1.807, 2.05) is 6.92 Å². The number of aromatic hydroxyl groups is 1. The number of amides is 1. The zero-order chi connectivity index (χ0) is 13.1. The van der Waals surface area contributed by atoms with Crippen molar-refractivity contribution >= 4 is 5.91 Å². The van der Waals surface area contributed by atoms with E-state index in [-0.39, 0.29) is 23.8 Å². The summed E-state index contributed by atoms with van der Waals surface area (Å²) in [6.07, 6.45) is 0. The molecule has 0 saturated carbocycles. The van der Waals surface area contributed by atoms with Gasteiger partial charge in [-0.3, -0.25) is 4.79 Å². The van der Waals surface area contributed by atoms with Gasteiger partial charge in [0.25, 0.3) is 5.91 Å². The summed E-state index contributed by atoms with van der Waals surface area (Å²) in [7, 11) is 0. The Kier molecular flexibility index (Phi) is 3.32. The summed E-state index contributed by atoms with van der Waals surface area (Å²) in [5.41, 5.74) is 1.82. The number of phenolic OH excluding ortho intramolecular Hbond substituents is 1. The van der Waals surface area contributed by atoms with E-state index >= 15 is 0 Å². The second kappa shape index (κ2) is 4.91. The second-order valence-electron chi connectivity index (χ2n) is 4.13. The lowest BCUT2D eigenvalue weighted by Crippen LogP contribution is -2.23. The highest BCUT2D eigenvalue weighted by atomic mass is 16.5. The minimum atomic E-state index is -0.336. The molecule has 0 spiro atoms. The van der Waals surface area contributed by atoms with Gasteiger partial charge in [0.2, 0.25) is 0 Å². The molecule has 0 aliphatic heterocycles. The van der Waals surface area contributed by atoms with E-state index in [9.17, 15) is 9.90 Å². The Morgan fingerprint density at radius 3 is 2.83 bits per heavy atom. The quantitative estimate of drug-likeness (QED) is 0.867. The van der Waals surface area contributed by atoms with Crippen LogP contribution in [0.5, 0.6) is 5.75 Å². The first kappa shape index (κ1) is 12.2. The van der Waals surface area contributed by atoms with E-state index in [0.717, 1.165) is 5.56 Å². The molecule has 1 aromatic carbocycles. The average molecular weight is 246 g/mol. The first-order chi connectivity index (χ1) is 8.56. The van der Waals surface area contributed by atoms with Crippen LogP contribution in [0.2, 0.25) is 0 Å². The normalized spacial score (nSPS) is 10.3. The van der Waals surface area contributed by atoms with Gasteiger partial charge in [0.1, 0.15) is 17.2 Å². The van der Waals surface area contributed by atoms with Gasteiger partial charge < -0.3 is 14.9 Å². The SMILES string of the molecule is Cc1ccc(O)c(C(=O)NCc2cc(C)on2)c1. The van der Waals surface area contributed by atoms with Crippen LogP contribution in [0.15, 0.2) is 28.8 Å². The summed E-state index contributed by atoms with van der Waals surface area (Å²) < 4.78 is 4.89. The van der Waals surface area contributed by atoms with Crippen molar-refractivity contribution in [3.05, 3.63) is 46.8 Å². The molecule has 1 aromatic heterocycles. The molecule has 2 rings (SSSR count). The third-order valence-electron chi connectivity index (χ3n) is 2.50. The van der Waals surface area contributed by atoms with Gasteiger partial charge in [-0.05, 0) is 26.0 Å². The molecule has 94 valence electrons. The summed E-state index contributed by atoms with van der Waals surface area (Å²) in [4.78, 5) is 11.9. The molecule has 1 amide bonds. The number of hydrogen-bond acceptors (Lipinski definition) is 4. The van der Waals surface area contributed by atoms with E-state index in [1.54, 1.807) is 25.1 Å². The van der Waals surface area contributed by atoms with E-state index in [4.69, 9.17) is 4.52 Å². The highest BCUT2D eigenvalue weighted by Gasteiger charge is 2.11. The molecule has 1 heterocycles. The van der Waals surface area contributed by atoms with Crippen molar-refractivity contribution in [1.82, 2.24) is 10.5 Å². The van der Waals surface area contributed by atoms with Crippen molar-refractivity contribution in [1.29, 1.82) is 0 Å². The molecule has 5 heteroatoms. The number of phenols is 1. The van der Waals surface area contributed by atoms with Gasteiger partial charge >= 0.3 is 0 Å². The number of hydrogen-bond donors (Lipinski definition) is 2. The molecule has 0 atom stereocenters. The summed E-state index contributed by atoms with van der Waals surface area (Å²) in [6.45, 7) is 3.91. The largest absolute Gasteiger partial charge is 0.507 e. The van der Waals surface area contributed by atoms with Crippen molar-refractivity contribution in [3.8, 4) is 5.75 Å². The van der Waals surface area contributed by atoms with Crippen LogP contribution >= 0.6 is 0 Å². The summed E-state index contributed by atoms with van der Waals surface area (Å²) in [6, 6.07) is 6.63. The topological polar surface area (TPSA) is 75.4 Å².